The minimum Gasteiger partial charge on any atom is -0.481 e. The first-order valence-corrected chi connectivity index (χ1v) is 15.6. The monoisotopic (exact) mass is 593 g/mol. The number of unbranched alkanes of at least 4 members (excludes halogenated alkanes) is 3. The third kappa shape index (κ3) is 8.25. The number of amides is 1. The molecular weight excluding hydrogens is 546 g/mol. The quantitative estimate of drug-likeness (QED) is 0.213. The molecule has 1 saturated heterocycles. The summed E-state index contributed by atoms with van der Waals surface area (Å²) in [7, 11) is 2.19. The van der Waals surface area contributed by atoms with Crippen molar-refractivity contribution < 1.29 is 24.6 Å². The number of nitrogens with one attached hydrogen (secondary N) is 2. The molecule has 1 aliphatic heterocycles. The number of fused-ring (bicyclic) bond motifs is 2. The van der Waals surface area contributed by atoms with E-state index in [9.17, 15) is 14.4 Å². The number of rotatable bonds is 12. The number of carboxylic acid groups (broad SMARTS) is 2. The molecule has 4 atom stereocenters. The fourth-order valence-corrected chi connectivity index (χ4v) is 6.71. The number of hydrogen-bond donors (Lipinski definition) is 4. The average molecular weight is 594 g/mol. The molecule has 3 heterocycles. The van der Waals surface area contributed by atoms with Crippen molar-refractivity contribution in [1.82, 2.24) is 24.8 Å². The van der Waals surface area contributed by atoms with Crippen molar-refractivity contribution in [3.63, 3.8) is 0 Å². The van der Waals surface area contributed by atoms with Gasteiger partial charge in [0.05, 0.1) is 5.92 Å². The van der Waals surface area contributed by atoms with Crippen molar-refractivity contribution in [3.8, 4) is 0 Å². The first kappa shape index (κ1) is 32.3. The van der Waals surface area contributed by atoms with Crippen molar-refractivity contribution in [3.05, 3.63) is 53.7 Å². The normalized spacial score (nSPS) is 20.3. The predicted octanol–water partition coefficient (Wildman–Crippen LogP) is 5.15. The second kappa shape index (κ2) is 14.7. The van der Waals surface area contributed by atoms with E-state index in [1.54, 1.807) is 6.20 Å². The van der Waals surface area contributed by atoms with Crippen LogP contribution in [0.1, 0.15) is 94.6 Å². The Balaban J connectivity index is 0.000000301. The number of aromatic amines is 1. The van der Waals surface area contributed by atoms with E-state index in [2.05, 4.69) is 77.0 Å². The molecule has 2 aromatic heterocycles. The van der Waals surface area contributed by atoms with Gasteiger partial charge < -0.3 is 30.0 Å². The van der Waals surface area contributed by atoms with Crippen LogP contribution in [0.25, 0.3) is 10.9 Å². The zero-order valence-corrected chi connectivity index (χ0v) is 25.9. The number of likely N-dealkylation sites (N-methyl/N-ethyl adjacent to an activating group) is 1. The van der Waals surface area contributed by atoms with Crippen LogP contribution in [0.15, 0.2) is 36.8 Å². The molecule has 234 valence electrons. The van der Waals surface area contributed by atoms with Gasteiger partial charge in [-0.2, -0.15) is 0 Å². The summed E-state index contributed by atoms with van der Waals surface area (Å²) in [6.45, 7) is 7.36. The number of carboxylic acids is 2. The molecular formula is C33H47N5O5. The molecule has 1 aromatic carbocycles. The number of aromatic nitrogens is 3. The number of carbonyl (C=O) groups excluding carboxylic acids is 1. The van der Waals surface area contributed by atoms with Crippen molar-refractivity contribution in [2.45, 2.75) is 103 Å². The summed E-state index contributed by atoms with van der Waals surface area (Å²) >= 11 is 0. The summed E-state index contributed by atoms with van der Waals surface area (Å²) in [6, 6.07) is 7.70. The maximum Gasteiger partial charge on any atom is 0.303 e. The zero-order chi connectivity index (χ0) is 31.1. The molecule has 5 rings (SSSR count). The van der Waals surface area contributed by atoms with Crippen LogP contribution in [0, 0.1) is 5.92 Å². The van der Waals surface area contributed by atoms with Gasteiger partial charge in [-0.1, -0.05) is 25.0 Å². The summed E-state index contributed by atoms with van der Waals surface area (Å²) in [5.74, 6) is -0.0818. The van der Waals surface area contributed by atoms with Crippen LogP contribution in [-0.4, -0.2) is 73.2 Å². The Morgan fingerprint density at radius 1 is 1.07 bits per heavy atom. The molecule has 1 unspecified atom stereocenters. The van der Waals surface area contributed by atoms with E-state index in [1.807, 2.05) is 6.20 Å². The molecule has 4 N–H and O–H groups in total. The Morgan fingerprint density at radius 3 is 2.37 bits per heavy atom. The molecule has 0 spiro atoms. The first-order valence-electron chi connectivity index (χ1n) is 15.6. The van der Waals surface area contributed by atoms with Gasteiger partial charge in [0, 0.05) is 79.3 Å². The maximum absolute atomic E-state index is 13.2. The summed E-state index contributed by atoms with van der Waals surface area (Å²) in [6.07, 6.45) is 11.9. The van der Waals surface area contributed by atoms with Crippen molar-refractivity contribution in [1.29, 1.82) is 0 Å². The smallest absolute Gasteiger partial charge is 0.303 e. The molecule has 1 aliphatic carbocycles. The van der Waals surface area contributed by atoms with Gasteiger partial charge in [0.1, 0.15) is 5.82 Å². The number of hydrogen-bond acceptors (Lipinski definition) is 5. The van der Waals surface area contributed by atoms with E-state index in [0.717, 1.165) is 44.5 Å². The highest BCUT2D eigenvalue weighted by atomic mass is 16.4. The molecule has 10 nitrogen and oxygen atoms in total. The van der Waals surface area contributed by atoms with Gasteiger partial charge in [-0.05, 0) is 70.7 Å². The molecule has 10 heteroatoms. The molecule has 0 saturated carbocycles. The van der Waals surface area contributed by atoms with Crippen molar-refractivity contribution >= 4 is 28.7 Å². The number of nitrogens with zero attached hydrogens (tertiary/aromatic N) is 3. The fraction of sp³-hybridized carbons (Fsp3) is 0.576. The zero-order valence-electron chi connectivity index (χ0n) is 25.9. The van der Waals surface area contributed by atoms with Crippen LogP contribution in [0.3, 0.4) is 0 Å². The van der Waals surface area contributed by atoms with Crippen LogP contribution in [0.5, 0.6) is 0 Å². The molecule has 43 heavy (non-hydrogen) atoms. The number of piperidine rings is 1. The average Bonchev–Trinajstić information content (AvgIpc) is 3.60. The lowest BCUT2D eigenvalue weighted by molar-refractivity contribution is -0.138. The predicted molar refractivity (Wildman–Crippen MR) is 166 cm³/mol. The largest absolute Gasteiger partial charge is 0.481 e. The number of likely N-dealkylation sites (tertiary alicyclic amines) is 1. The number of carbonyl (C=O) groups is 3. The van der Waals surface area contributed by atoms with Crippen LogP contribution in [0.4, 0.5) is 0 Å². The summed E-state index contributed by atoms with van der Waals surface area (Å²) in [5.41, 5.74) is 4.22. The Labute approximate surface area is 253 Å². The molecule has 0 bridgehead atoms. The highest BCUT2D eigenvalue weighted by Gasteiger charge is 2.42. The van der Waals surface area contributed by atoms with Crippen molar-refractivity contribution in [2.75, 3.05) is 13.6 Å². The number of H-pyrrole nitrogens is 1. The topological polar surface area (TPSA) is 141 Å². The highest BCUT2D eigenvalue weighted by Crippen LogP contribution is 2.45. The van der Waals surface area contributed by atoms with Gasteiger partial charge >= 0.3 is 11.9 Å². The standard InChI is InChI=1S/C25H33N5O.C8H14O4/c1-15(2)30-14-17-12-22-20(19-6-5-7-21(30)24(17)19)11-18(13-29(22)4)25(31)28-16(3)10-23-26-8-9-27-23;9-7(10)5-3-1-2-4-6-8(11)12/h5-9,14-16,18,20,22H,10-13H2,1-4H3,(H,26,27)(H,28,31);1-6H2,(H,9,10)(H,11,12)/t16?,18-,20-,22-;/m1./s1. The van der Waals surface area contributed by atoms with Gasteiger partial charge in [-0.3, -0.25) is 14.4 Å². The fourth-order valence-electron chi connectivity index (χ4n) is 6.71. The molecule has 3 aromatic rings. The van der Waals surface area contributed by atoms with E-state index >= 15 is 0 Å². The molecule has 1 amide bonds. The van der Waals surface area contributed by atoms with Crippen LogP contribution < -0.4 is 5.32 Å². The lowest BCUT2D eigenvalue weighted by atomic mass is 9.72. The second-order valence-electron chi connectivity index (χ2n) is 12.5. The first-order chi connectivity index (χ1) is 20.5. The van der Waals surface area contributed by atoms with Gasteiger partial charge in [0.15, 0.2) is 0 Å². The van der Waals surface area contributed by atoms with Crippen molar-refractivity contribution in [2.24, 2.45) is 5.92 Å². The van der Waals surface area contributed by atoms with Crippen LogP contribution in [-0.2, 0) is 27.2 Å². The van der Waals surface area contributed by atoms with Gasteiger partial charge in [0.2, 0.25) is 5.91 Å². The SMILES string of the molecule is CC(Cc1ncc[nH]1)NC(=O)[C@@H]1C[C@@H]2c3cccc4c3c(cn4C(C)C)C[C@H]2N(C)C1.O=C(O)CCCCCCC(=O)O. The van der Waals surface area contributed by atoms with E-state index in [4.69, 9.17) is 10.2 Å². The summed E-state index contributed by atoms with van der Waals surface area (Å²) < 4.78 is 2.41. The third-order valence-electron chi connectivity index (χ3n) is 8.78. The number of imidazole rings is 1. The Kier molecular flexibility index (Phi) is 11.0. The summed E-state index contributed by atoms with van der Waals surface area (Å²) in [4.78, 5) is 43.1. The van der Waals surface area contributed by atoms with Crippen LogP contribution >= 0.6 is 0 Å². The van der Waals surface area contributed by atoms with Gasteiger partial charge in [-0.25, -0.2) is 4.98 Å². The molecule has 1 fully saturated rings. The van der Waals surface area contributed by atoms with E-state index in [0.29, 0.717) is 30.8 Å². The Morgan fingerprint density at radius 2 is 1.77 bits per heavy atom. The lowest BCUT2D eigenvalue weighted by Gasteiger charge is -2.45. The maximum atomic E-state index is 13.2. The van der Waals surface area contributed by atoms with Gasteiger partial charge in [0.25, 0.3) is 0 Å². The highest BCUT2D eigenvalue weighted by molar-refractivity contribution is 5.89. The van der Waals surface area contributed by atoms with E-state index < -0.39 is 11.9 Å². The molecule has 2 aliphatic rings. The third-order valence-corrected chi connectivity index (χ3v) is 8.78. The minimum absolute atomic E-state index is 0.00860. The van der Waals surface area contributed by atoms with E-state index in [-0.39, 0.29) is 30.7 Å². The van der Waals surface area contributed by atoms with E-state index in [1.165, 1.54) is 22.0 Å². The molecule has 0 radical (unpaired) electrons. The summed E-state index contributed by atoms with van der Waals surface area (Å²) in [5, 5.41) is 21.2. The number of aliphatic carboxylic acids is 2. The number of benzene rings is 1. The second-order valence-corrected chi connectivity index (χ2v) is 12.5. The van der Waals surface area contributed by atoms with Crippen LogP contribution in [0.2, 0.25) is 0 Å². The van der Waals surface area contributed by atoms with Gasteiger partial charge in [-0.15, -0.1) is 0 Å². The minimum atomic E-state index is -0.784. The Hall–Kier alpha value is -3.66. The lowest BCUT2D eigenvalue weighted by Crippen LogP contribution is -2.52. The Bertz CT molecular complexity index is 1360.